The van der Waals surface area contributed by atoms with Crippen molar-refractivity contribution in [3.63, 3.8) is 0 Å². The first-order valence-corrected chi connectivity index (χ1v) is 9.92. The molecule has 140 valence electrons. The van der Waals surface area contributed by atoms with E-state index in [4.69, 9.17) is 4.74 Å². The molecular formula is C21H24N4OS. The third kappa shape index (κ3) is 6.42. The Morgan fingerprint density at radius 1 is 1.11 bits per heavy atom. The largest absolute Gasteiger partial charge is 0.487 e. The predicted molar refractivity (Wildman–Crippen MR) is 111 cm³/mol. The maximum absolute atomic E-state index is 5.85. The van der Waals surface area contributed by atoms with Gasteiger partial charge in [0.1, 0.15) is 12.4 Å². The zero-order valence-electron chi connectivity index (χ0n) is 15.4. The number of nitrogens with zero attached hydrogens (tertiary/aromatic N) is 2. The number of guanidine groups is 1. The Morgan fingerprint density at radius 2 is 2.07 bits per heavy atom. The van der Waals surface area contributed by atoms with Crippen LogP contribution in [-0.4, -0.2) is 17.5 Å². The lowest BCUT2D eigenvalue weighted by Gasteiger charge is -2.12. The van der Waals surface area contributed by atoms with E-state index >= 15 is 0 Å². The summed E-state index contributed by atoms with van der Waals surface area (Å²) in [4.78, 5) is 8.91. The summed E-state index contributed by atoms with van der Waals surface area (Å²) in [6, 6.07) is 16.0. The SMILES string of the molecule is CCNC(=NCc1ccsc1)NCc1cccc(OCc2ccccn2)c1. The third-order valence-electron chi connectivity index (χ3n) is 3.82. The summed E-state index contributed by atoms with van der Waals surface area (Å²) in [7, 11) is 0. The van der Waals surface area contributed by atoms with Crippen molar-refractivity contribution in [3.05, 3.63) is 82.3 Å². The standard InChI is InChI=1S/C21H24N4OS/c1-2-22-21(25-14-18-9-11-27-16-18)24-13-17-6-5-8-20(12-17)26-15-19-7-3-4-10-23-19/h3-12,16H,2,13-15H2,1H3,(H2,22,24,25). The second kappa shape index (κ2) is 10.3. The molecule has 0 bridgehead atoms. The minimum absolute atomic E-state index is 0.461. The number of thiophene rings is 1. The van der Waals surface area contributed by atoms with Crippen molar-refractivity contribution in [1.29, 1.82) is 0 Å². The maximum Gasteiger partial charge on any atom is 0.191 e. The van der Waals surface area contributed by atoms with Crippen molar-refractivity contribution in [2.24, 2.45) is 4.99 Å². The van der Waals surface area contributed by atoms with Gasteiger partial charge in [0.2, 0.25) is 0 Å². The summed E-state index contributed by atoms with van der Waals surface area (Å²) < 4.78 is 5.85. The first-order chi connectivity index (χ1) is 13.3. The van der Waals surface area contributed by atoms with Crippen molar-refractivity contribution in [1.82, 2.24) is 15.6 Å². The molecule has 27 heavy (non-hydrogen) atoms. The van der Waals surface area contributed by atoms with Crippen LogP contribution in [0, 0.1) is 0 Å². The highest BCUT2D eigenvalue weighted by Crippen LogP contribution is 2.15. The topological polar surface area (TPSA) is 58.5 Å². The Labute approximate surface area is 164 Å². The van der Waals surface area contributed by atoms with Crippen LogP contribution in [0.1, 0.15) is 23.7 Å². The van der Waals surface area contributed by atoms with Gasteiger partial charge < -0.3 is 15.4 Å². The van der Waals surface area contributed by atoms with Gasteiger partial charge in [-0.05, 0) is 59.1 Å². The number of ether oxygens (including phenoxy) is 1. The lowest BCUT2D eigenvalue weighted by Crippen LogP contribution is -2.36. The average Bonchev–Trinajstić information content (AvgIpc) is 3.23. The molecule has 0 fully saturated rings. The molecule has 0 aliphatic carbocycles. The molecule has 6 heteroatoms. The van der Waals surface area contributed by atoms with Gasteiger partial charge in [0.25, 0.3) is 0 Å². The van der Waals surface area contributed by atoms with Crippen LogP contribution >= 0.6 is 11.3 Å². The Kier molecular flexibility index (Phi) is 7.24. The molecule has 3 rings (SSSR count). The number of rotatable bonds is 8. The van der Waals surface area contributed by atoms with Crippen LogP contribution in [0.15, 0.2) is 70.5 Å². The lowest BCUT2D eigenvalue weighted by atomic mass is 10.2. The predicted octanol–water partition coefficient (Wildman–Crippen LogP) is 3.98. The van der Waals surface area contributed by atoms with Gasteiger partial charge >= 0.3 is 0 Å². The quantitative estimate of drug-likeness (QED) is 0.458. The average molecular weight is 381 g/mol. The van der Waals surface area contributed by atoms with E-state index in [1.54, 1.807) is 17.5 Å². The number of hydrogen-bond donors (Lipinski definition) is 2. The number of nitrogens with one attached hydrogen (secondary N) is 2. The lowest BCUT2D eigenvalue weighted by molar-refractivity contribution is 0.301. The molecule has 3 aromatic rings. The summed E-state index contributed by atoms with van der Waals surface area (Å²) in [6.45, 7) is 4.70. The molecule has 0 saturated heterocycles. The fourth-order valence-corrected chi connectivity index (χ4v) is 3.13. The summed E-state index contributed by atoms with van der Waals surface area (Å²) in [5.74, 6) is 1.64. The highest BCUT2D eigenvalue weighted by atomic mass is 32.1. The molecule has 0 radical (unpaired) electrons. The first kappa shape index (κ1) is 18.9. The van der Waals surface area contributed by atoms with Crippen LogP contribution in [0.25, 0.3) is 0 Å². The van der Waals surface area contributed by atoms with Crippen LogP contribution in [-0.2, 0) is 19.7 Å². The highest BCUT2D eigenvalue weighted by molar-refractivity contribution is 7.07. The van der Waals surface area contributed by atoms with E-state index in [-0.39, 0.29) is 0 Å². The molecule has 0 atom stereocenters. The van der Waals surface area contributed by atoms with Gasteiger partial charge in [0, 0.05) is 19.3 Å². The number of hydrogen-bond acceptors (Lipinski definition) is 4. The van der Waals surface area contributed by atoms with Gasteiger partial charge in [-0.3, -0.25) is 4.98 Å². The normalized spacial score (nSPS) is 11.2. The fourth-order valence-electron chi connectivity index (χ4n) is 2.47. The molecule has 2 heterocycles. The zero-order valence-corrected chi connectivity index (χ0v) is 16.2. The Bertz CT molecular complexity index is 834. The molecule has 0 spiro atoms. The zero-order chi connectivity index (χ0) is 18.7. The molecule has 2 N–H and O–H groups in total. The second-order valence-corrected chi connectivity index (χ2v) is 6.72. The summed E-state index contributed by atoms with van der Waals surface area (Å²) in [5, 5.41) is 10.8. The van der Waals surface area contributed by atoms with Gasteiger partial charge in [0.05, 0.1) is 12.2 Å². The summed E-state index contributed by atoms with van der Waals surface area (Å²) >= 11 is 1.69. The van der Waals surface area contributed by atoms with Gasteiger partial charge in [-0.15, -0.1) is 0 Å². The molecule has 1 aromatic carbocycles. The van der Waals surface area contributed by atoms with E-state index in [2.05, 4.69) is 50.4 Å². The third-order valence-corrected chi connectivity index (χ3v) is 4.55. The van der Waals surface area contributed by atoms with E-state index in [0.29, 0.717) is 19.7 Å². The van der Waals surface area contributed by atoms with Crippen LogP contribution in [0.2, 0.25) is 0 Å². The maximum atomic E-state index is 5.85. The Balaban J connectivity index is 1.55. The van der Waals surface area contributed by atoms with E-state index < -0.39 is 0 Å². The van der Waals surface area contributed by atoms with E-state index in [1.807, 2.05) is 36.4 Å². The summed E-state index contributed by atoms with van der Waals surface area (Å²) in [5.41, 5.74) is 3.27. The van der Waals surface area contributed by atoms with E-state index in [1.165, 1.54) is 5.56 Å². The molecule has 0 aliphatic rings. The number of aromatic nitrogens is 1. The highest BCUT2D eigenvalue weighted by Gasteiger charge is 2.02. The number of aliphatic imine (C=N–C) groups is 1. The number of pyridine rings is 1. The van der Waals surface area contributed by atoms with Crippen molar-refractivity contribution in [3.8, 4) is 5.75 Å². The van der Waals surface area contributed by atoms with Crippen molar-refractivity contribution in [2.75, 3.05) is 6.54 Å². The van der Waals surface area contributed by atoms with Gasteiger partial charge in [-0.1, -0.05) is 18.2 Å². The van der Waals surface area contributed by atoms with Crippen molar-refractivity contribution < 1.29 is 4.74 Å². The molecule has 0 saturated carbocycles. The minimum atomic E-state index is 0.461. The van der Waals surface area contributed by atoms with Gasteiger partial charge in [0.15, 0.2) is 5.96 Å². The molecule has 5 nitrogen and oxygen atoms in total. The van der Waals surface area contributed by atoms with Crippen LogP contribution in [0.3, 0.4) is 0 Å². The molecule has 0 amide bonds. The Hall–Kier alpha value is -2.86. The summed E-state index contributed by atoms with van der Waals surface area (Å²) in [6.07, 6.45) is 1.77. The van der Waals surface area contributed by atoms with E-state index in [0.717, 1.165) is 29.5 Å². The molecule has 2 aromatic heterocycles. The number of benzene rings is 1. The van der Waals surface area contributed by atoms with E-state index in [9.17, 15) is 0 Å². The van der Waals surface area contributed by atoms with Crippen molar-refractivity contribution in [2.45, 2.75) is 26.6 Å². The molecular weight excluding hydrogens is 356 g/mol. The minimum Gasteiger partial charge on any atom is -0.487 e. The molecule has 0 unspecified atom stereocenters. The van der Waals surface area contributed by atoms with Crippen molar-refractivity contribution >= 4 is 17.3 Å². The van der Waals surface area contributed by atoms with Crippen LogP contribution < -0.4 is 15.4 Å². The second-order valence-electron chi connectivity index (χ2n) is 5.94. The first-order valence-electron chi connectivity index (χ1n) is 8.98. The monoisotopic (exact) mass is 380 g/mol. The fraction of sp³-hybridized carbons (Fsp3) is 0.238. The van der Waals surface area contributed by atoms with Crippen LogP contribution in [0.5, 0.6) is 5.75 Å². The van der Waals surface area contributed by atoms with Crippen LogP contribution in [0.4, 0.5) is 0 Å². The van der Waals surface area contributed by atoms with Gasteiger partial charge in [-0.2, -0.15) is 11.3 Å². The smallest absolute Gasteiger partial charge is 0.191 e. The Morgan fingerprint density at radius 3 is 2.85 bits per heavy atom. The van der Waals surface area contributed by atoms with Gasteiger partial charge in [-0.25, -0.2) is 4.99 Å². The molecule has 0 aliphatic heterocycles.